The molecule has 14 heavy (non-hydrogen) atoms. The fraction of sp³-hybridized carbons (Fsp3) is 0.714. The molecule has 0 N–H and O–H groups in total. The van der Waals surface area contributed by atoms with Gasteiger partial charge in [-0.2, -0.15) is 0 Å². The molecular formula is C14H22. The number of allylic oxidation sites excluding steroid dienone is 2. The Morgan fingerprint density at radius 2 is 2.36 bits per heavy atom. The normalized spacial score (nSPS) is 23.6. The van der Waals surface area contributed by atoms with Gasteiger partial charge in [0, 0.05) is 6.42 Å². The Morgan fingerprint density at radius 1 is 1.50 bits per heavy atom. The molecule has 0 heterocycles. The third-order valence-electron chi connectivity index (χ3n) is 3.03. The molecule has 0 aromatic carbocycles. The maximum atomic E-state index is 3.22. The van der Waals surface area contributed by atoms with Crippen LogP contribution in [-0.2, 0) is 0 Å². The SMILES string of the molecule is CC#CCC1CCC/C1=C/CCCC. The lowest BCUT2D eigenvalue weighted by atomic mass is 9.98. The lowest BCUT2D eigenvalue weighted by Gasteiger charge is -2.07. The maximum Gasteiger partial charge on any atom is 0.0154 e. The van der Waals surface area contributed by atoms with Gasteiger partial charge in [-0.1, -0.05) is 31.4 Å². The minimum absolute atomic E-state index is 0.791. The van der Waals surface area contributed by atoms with Crippen LogP contribution in [0.2, 0.25) is 0 Å². The van der Waals surface area contributed by atoms with Crippen molar-refractivity contribution >= 4 is 0 Å². The van der Waals surface area contributed by atoms with Crippen molar-refractivity contribution in [2.75, 3.05) is 0 Å². The summed E-state index contributed by atoms with van der Waals surface area (Å²) in [6.45, 7) is 4.20. The molecule has 0 bridgehead atoms. The summed E-state index contributed by atoms with van der Waals surface area (Å²) in [4.78, 5) is 0. The molecule has 1 aliphatic carbocycles. The summed E-state index contributed by atoms with van der Waals surface area (Å²) in [6, 6.07) is 0. The molecular weight excluding hydrogens is 168 g/mol. The van der Waals surface area contributed by atoms with Crippen LogP contribution < -0.4 is 0 Å². The molecule has 0 saturated heterocycles. The fourth-order valence-corrected chi connectivity index (χ4v) is 2.16. The van der Waals surface area contributed by atoms with Crippen molar-refractivity contribution in [1.29, 1.82) is 0 Å². The zero-order valence-electron chi connectivity index (χ0n) is 9.60. The lowest BCUT2D eigenvalue weighted by molar-refractivity contribution is 0.643. The van der Waals surface area contributed by atoms with Crippen LogP contribution in [-0.4, -0.2) is 0 Å². The second-order valence-electron chi connectivity index (χ2n) is 4.14. The van der Waals surface area contributed by atoms with E-state index in [1.807, 2.05) is 6.92 Å². The van der Waals surface area contributed by atoms with Crippen LogP contribution >= 0.6 is 0 Å². The van der Waals surface area contributed by atoms with Gasteiger partial charge in [-0.05, 0) is 38.5 Å². The zero-order chi connectivity index (χ0) is 10.2. The Hall–Kier alpha value is -0.700. The van der Waals surface area contributed by atoms with Crippen LogP contribution in [0.5, 0.6) is 0 Å². The molecule has 0 aromatic rings. The van der Waals surface area contributed by atoms with E-state index in [2.05, 4.69) is 24.8 Å². The monoisotopic (exact) mass is 190 g/mol. The van der Waals surface area contributed by atoms with Gasteiger partial charge in [0.05, 0.1) is 0 Å². The topological polar surface area (TPSA) is 0 Å². The summed E-state index contributed by atoms with van der Waals surface area (Å²) in [6.07, 6.45) is 11.6. The van der Waals surface area contributed by atoms with E-state index in [1.165, 1.54) is 38.5 Å². The molecule has 0 radical (unpaired) electrons. The predicted octanol–water partition coefficient (Wildman–Crippen LogP) is 4.32. The highest BCUT2D eigenvalue weighted by Crippen LogP contribution is 2.33. The first-order valence-electron chi connectivity index (χ1n) is 5.97. The number of rotatable bonds is 4. The van der Waals surface area contributed by atoms with Gasteiger partial charge in [0.15, 0.2) is 0 Å². The van der Waals surface area contributed by atoms with Crippen LogP contribution in [0, 0.1) is 17.8 Å². The molecule has 1 unspecified atom stereocenters. The molecule has 0 nitrogen and oxygen atoms in total. The van der Waals surface area contributed by atoms with Gasteiger partial charge < -0.3 is 0 Å². The van der Waals surface area contributed by atoms with Crippen molar-refractivity contribution in [2.24, 2.45) is 5.92 Å². The average Bonchev–Trinajstić information content (AvgIpc) is 2.63. The van der Waals surface area contributed by atoms with Crippen molar-refractivity contribution in [2.45, 2.75) is 58.8 Å². The van der Waals surface area contributed by atoms with Gasteiger partial charge >= 0.3 is 0 Å². The average molecular weight is 190 g/mol. The largest absolute Gasteiger partial charge is 0.107 e. The lowest BCUT2D eigenvalue weighted by Crippen LogP contribution is -1.94. The number of unbranched alkanes of at least 4 members (excludes halogenated alkanes) is 2. The quantitative estimate of drug-likeness (QED) is 0.352. The van der Waals surface area contributed by atoms with E-state index in [-0.39, 0.29) is 0 Å². The summed E-state index contributed by atoms with van der Waals surface area (Å²) in [5.74, 6) is 7.02. The number of hydrogen-bond acceptors (Lipinski definition) is 0. The van der Waals surface area contributed by atoms with Crippen LogP contribution in [0.4, 0.5) is 0 Å². The van der Waals surface area contributed by atoms with Gasteiger partial charge in [0.25, 0.3) is 0 Å². The van der Waals surface area contributed by atoms with Gasteiger partial charge in [0.2, 0.25) is 0 Å². The first-order chi connectivity index (χ1) is 6.88. The third-order valence-corrected chi connectivity index (χ3v) is 3.03. The molecule has 1 aliphatic rings. The molecule has 1 atom stereocenters. The van der Waals surface area contributed by atoms with E-state index >= 15 is 0 Å². The van der Waals surface area contributed by atoms with E-state index in [1.54, 1.807) is 5.57 Å². The summed E-state index contributed by atoms with van der Waals surface area (Å²) < 4.78 is 0. The van der Waals surface area contributed by atoms with Crippen LogP contribution in [0.15, 0.2) is 11.6 Å². The van der Waals surface area contributed by atoms with E-state index in [0.717, 1.165) is 12.3 Å². The first-order valence-corrected chi connectivity index (χ1v) is 5.97. The summed E-state index contributed by atoms with van der Waals surface area (Å²) in [5, 5.41) is 0. The van der Waals surface area contributed by atoms with Crippen molar-refractivity contribution in [3.8, 4) is 11.8 Å². The van der Waals surface area contributed by atoms with E-state index in [0.29, 0.717) is 0 Å². The Kier molecular flexibility index (Phi) is 5.45. The molecule has 0 spiro atoms. The van der Waals surface area contributed by atoms with Crippen LogP contribution in [0.1, 0.15) is 58.8 Å². The van der Waals surface area contributed by atoms with Crippen molar-refractivity contribution in [1.82, 2.24) is 0 Å². The third kappa shape index (κ3) is 3.58. The Morgan fingerprint density at radius 3 is 3.07 bits per heavy atom. The predicted molar refractivity (Wildman–Crippen MR) is 63.0 cm³/mol. The Bertz CT molecular complexity index is 236. The smallest absolute Gasteiger partial charge is 0.0154 e. The highest BCUT2D eigenvalue weighted by molar-refractivity contribution is 5.14. The zero-order valence-corrected chi connectivity index (χ0v) is 9.60. The number of hydrogen-bond donors (Lipinski definition) is 0. The van der Waals surface area contributed by atoms with Gasteiger partial charge in [0.1, 0.15) is 0 Å². The molecule has 0 aliphatic heterocycles. The minimum Gasteiger partial charge on any atom is -0.107 e. The fourth-order valence-electron chi connectivity index (χ4n) is 2.16. The van der Waals surface area contributed by atoms with Gasteiger partial charge in [-0.3, -0.25) is 0 Å². The molecule has 0 heteroatoms. The maximum absolute atomic E-state index is 3.22. The van der Waals surface area contributed by atoms with Crippen molar-refractivity contribution in [3.63, 3.8) is 0 Å². The van der Waals surface area contributed by atoms with E-state index < -0.39 is 0 Å². The standard InChI is InChI=1S/C14H22/c1-3-5-7-10-14-12-8-11-13(14)9-6-4-2/h10,13H,3,5,7-9,11-12H2,1-2H3/b14-10-. The second kappa shape index (κ2) is 6.71. The summed E-state index contributed by atoms with van der Waals surface area (Å²) in [7, 11) is 0. The van der Waals surface area contributed by atoms with Crippen LogP contribution in [0.3, 0.4) is 0 Å². The van der Waals surface area contributed by atoms with Crippen molar-refractivity contribution < 1.29 is 0 Å². The van der Waals surface area contributed by atoms with Gasteiger partial charge in [-0.25, -0.2) is 0 Å². The Labute approximate surface area is 88.8 Å². The summed E-state index contributed by atoms with van der Waals surface area (Å²) >= 11 is 0. The van der Waals surface area contributed by atoms with E-state index in [4.69, 9.17) is 0 Å². The Balaban J connectivity index is 2.40. The molecule has 1 saturated carbocycles. The molecule has 78 valence electrons. The first kappa shape index (κ1) is 11.4. The molecule has 0 amide bonds. The highest BCUT2D eigenvalue weighted by Gasteiger charge is 2.18. The highest BCUT2D eigenvalue weighted by atomic mass is 14.2. The second-order valence-corrected chi connectivity index (χ2v) is 4.14. The summed E-state index contributed by atoms with van der Waals surface area (Å²) in [5.41, 5.74) is 1.70. The molecule has 0 aromatic heterocycles. The van der Waals surface area contributed by atoms with E-state index in [9.17, 15) is 0 Å². The van der Waals surface area contributed by atoms with Gasteiger partial charge in [-0.15, -0.1) is 11.8 Å². The minimum atomic E-state index is 0.791. The molecule has 1 rings (SSSR count). The van der Waals surface area contributed by atoms with Crippen LogP contribution in [0.25, 0.3) is 0 Å². The molecule has 1 fully saturated rings. The van der Waals surface area contributed by atoms with Crippen molar-refractivity contribution in [3.05, 3.63) is 11.6 Å².